The number of rotatable bonds is 7. The number of hydrogen-bond acceptors (Lipinski definition) is 4. The van der Waals surface area contributed by atoms with E-state index in [1.165, 1.54) is 0 Å². The first-order valence-electron chi connectivity index (χ1n) is 6.92. The zero-order chi connectivity index (χ0) is 16.0. The van der Waals surface area contributed by atoms with Gasteiger partial charge >= 0.3 is 0 Å². The minimum atomic E-state index is -0.613. The molecule has 0 radical (unpaired) electrons. The molecule has 21 heavy (non-hydrogen) atoms. The van der Waals surface area contributed by atoms with Gasteiger partial charge in [-0.05, 0) is 67.4 Å². The molecule has 3 N–H and O–H groups in total. The molecule has 0 aromatic heterocycles. The predicted octanol–water partition coefficient (Wildman–Crippen LogP) is 2.25. The summed E-state index contributed by atoms with van der Waals surface area (Å²) < 4.78 is 11.8. The van der Waals surface area contributed by atoms with E-state index in [1.54, 1.807) is 14.0 Å². The summed E-state index contributed by atoms with van der Waals surface area (Å²) in [5.41, 5.74) is 6.62. The van der Waals surface area contributed by atoms with Gasteiger partial charge in [0.2, 0.25) is 0 Å². The third kappa shape index (κ3) is 5.21. The van der Waals surface area contributed by atoms with Gasteiger partial charge in [0.15, 0.2) is 17.6 Å². The highest BCUT2D eigenvalue weighted by Crippen LogP contribution is 2.37. The maximum absolute atomic E-state index is 11.9. The van der Waals surface area contributed by atoms with Gasteiger partial charge in [-0.3, -0.25) is 4.79 Å². The van der Waals surface area contributed by atoms with Crippen molar-refractivity contribution in [3.8, 4) is 11.5 Å². The number of hydrogen-bond donors (Lipinski definition) is 2. The van der Waals surface area contributed by atoms with Crippen molar-refractivity contribution in [1.29, 1.82) is 0 Å². The molecule has 118 valence electrons. The van der Waals surface area contributed by atoms with Crippen molar-refractivity contribution < 1.29 is 14.3 Å². The van der Waals surface area contributed by atoms with Crippen LogP contribution in [0.1, 0.15) is 26.3 Å². The molecule has 1 atom stereocenters. The SMILES string of the molecule is COc1cc(CCN)cc(Br)c1OC(C)C(=O)NC(C)C. The van der Waals surface area contributed by atoms with Crippen molar-refractivity contribution >= 4 is 21.8 Å². The van der Waals surface area contributed by atoms with Crippen LogP contribution in [-0.4, -0.2) is 31.7 Å². The van der Waals surface area contributed by atoms with E-state index >= 15 is 0 Å². The van der Waals surface area contributed by atoms with Gasteiger partial charge in [-0.1, -0.05) is 0 Å². The Hall–Kier alpha value is -1.27. The lowest BCUT2D eigenvalue weighted by atomic mass is 10.1. The zero-order valence-corrected chi connectivity index (χ0v) is 14.5. The third-order valence-corrected chi connectivity index (χ3v) is 3.41. The summed E-state index contributed by atoms with van der Waals surface area (Å²) in [6, 6.07) is 3.87. The first kappa shape index (κ1) is 17.8. The van der Waals surface area contributed by atoms with Crippen LogP contribution in [0.4, 0.5) is 0 Å². The number of benzene rings is 1. The molecule has 5 nitrogen and oxygen atoms in total. The van der Waals surface area contributed by atoms with Crippen molar-refractivity contribution in [2.75, 3.05) is 13.7 Å². The van der Waals surface area contributed by atoms with Crippen LogP contribution >= 0.6 is 15.9 Å². The van der Waals surface area contributed by atoms with E-state index in [4.69, 9.17) is 15.2 Å². The Morgan fingerprint density at radius 3 is 2.57 bits per heavy atom. The molecule has 0 saturated heterocycles. The Balaban J connectivity index is 2.94. The number of carbonyl (C=O) groups is 1. The van der Waals surface area contributed by atoms with Crippen molar-refractivity contribution in [3.63, 3.8) is 0 Å². The molecule has 0 aliphatic rings. The maximum Gasteiger partial charge on any atom is 0.260 e. The topological polar surface area (TPSA) is 73.6 Å². The molecular formula is C15H23BrN2O3. The van der Waals surface area contributed by atoms with E-state index in [2.05, 4.69) is 21.2 Å². The molecule has 1 aromatic carbocycles. The molecule has 1 rings (SSSR count). The van der Waals surface area contributed by atoms with Gasteiger partial charge in [0.25, 0.3) is 5.91 Å². The fourth-order valence-electron chi connectivity index (χ4n) is 1.83. The zero-order valence-electron chi connectivity index (χ0n) is 12.9. The molecule has 1 amide bonds. The van der Waals surface area contributed by atoms with Crippen molar-refractivity contribution in [2.24, 2.45) is 5.73 Å². The predicted molar refractivity (Wildman–Crippen MR) is 86.8 cm³/mol. The van der Waals surface area contributed by atoms with Crippen LogP contribution < -0.4 is 20.5 Å². The minimum absolute atomic E-state index is 0.0702. The highest BCUT2D eigenvalue weighted by molar-refractivity contribution is 9.10. The van der Waals surface area contributed by atoms with E-state index in [-0.39, 0.29) is 11.9 Å². The molecular weight excluding hydrogens is 336 g/mol. The lowest BCUT2D eigenvalue weighted by Crippen LogP contribution is -2.40. The van der Waals surface area contributed by atoms with E-state index in [9.17, 15) is 4.79 Å². The highest BCUT2D eigenvalue weighted by atomic mass is 79.9. The second-order valence-electron chi connectivity index (χ2n) is 5.07. The van der Waals surface area contributed by atoms with Gasteiger partial charge in [-0.15, -0.1) is 0 Å². The number of nitrogens with two attached hydrogens (primary N) is 1. The van der Waals surface area contributed by atoms with E-state index < -0.39 is 6.10 Å². The van der Waals surface area contributed by atoms with Crippen molar-refractivity contribution in [2.45, 2.75) is 39.3 Å². The van der Waals surface area contributed by atoms with E-state index in [1.807, 2.05) is 26.0 Å². The Labute approximate surface area is 134 Å². The van der Waals surface area contributed by atoms with Crippen LogP contribution in [0.2, 0.25) is 0 Å². The Morgan fingerprint density at radius 1 is 1.38 bits per heavy atom. The summed E-state index contributed by atoms with van der Waals surface area (Å²) in [5.74, 6) is 0.937. The normalized spacial score (nSPS) is 12.1. The average molecular weight is 359 g/mol. The van der Waals surface area contributed by atoms with Crippen molar-refractivity contribution in [3.05, 3.63) is 22.2 Å². The molecule has 0 bridgehead atoms. The van der Waals surface area contributed by atoms with Crippen LogP contribution in [-0.2, 0) is 11.2 Å². The van der Waals surface area contributed by atoms with Crippen LogP contribution in [0.25, 0.3) is 0 Å². The molecule has 0 fully saturated rings. The lowest BCUT2D eigenvalue weighted by molar-refractivity contribution is -0.127. The first-order chi connectivity index (χ1) is 9.88. The number of carbonyl (C=O) groups excluding carboxylic acids is 1. The molecule has 0 aliphatic carbocycles. The van der Waals surface area contributed by atoms with Crippen LogP contribution in [0.3, 0.4) is 0 Å². The van der Waals surface area contributed by atoms with Gasteiger partial charge in [-0.25, -0.2) is 0 Å². The second kappa shape index (κ2) is 8.24. The fraction of sp³-hybridized carbons (Fsp3) is 0.533. The van der Waals surface area contributed by atoms with Crippen LogP contribution in [0.15, 0.2) is 16.6 Å². The Morgan fingerprint density at radius 2 is 2.05 bits per heavy atom. The summed E-state index contributed by atoms with van der Waals surface area (Å²) in [7, 11) is 1.57. The molecule has 6 heteroatoms. The molecule has 1 aromatic rings. The molecule has 0 saturated carbocycles. The number of methoxy groups -OCH3 is 1. The fourth-order valence-corrected chi connectivity index (χ4v) is 2.41. The number of ether oxygens (including phenoxy) is 2. The third-order valence-electron chi connectivity index (χ3n) is 2.82. The highest BCUT2D eigenvalue weighted by Gasteiger charge is 2.20. The smallest absolute Gasteiger partial charge is 0.260 e. The van der Waals surface area contributed by atoms with E-state index in [0.29, 0.717) is 18.0 Å². The number of amides is 1. The standard InChI is InChI=1S/C15H23BrN2O3/c1-9(2)18-15(19)10(3)21-14-12(16)7-11(5-6-17)8-13(14)20-4/h7-10H,5-6,17H2,1-4H3,(H,18,19). The summed E-state index contributed by atoms with van der Waals surface area (Å²) in [6.45, 7) is 6.08. The van der Waals surface area contributed by atoms with Crippen LogP contribution in [0, 0.1) is 0 Å². The number of nitrogens with one attached hydrogen (secondary N) is 1. The quantitative estimate of drug-likeness (QED) is 0.783. The summed E-state index contributed by atoms with van der Waals surface area (Å²) in [6.07, 6.45) is 0.136. The second-order valence-corrected chi connectivity index (χ2v) is 5.93. The Kier molecular flexibility index (Phi) is 6.98. The van der Waals surface area contributed by atoms with Gasteiger partial charge < -0.3 is 20.5 Å². The van der Waals surface area contributed by atoms with Gasteiger partial charge in [0.05, 0.1) is 11.6 Å². The summed E-state index contributed by atoms with van der Waals surface area (Å²) in [5, 5.41) is 2.81. The number of halogens is 1. The molecule has 0 spiro atoms. The monoisotopic (exact) mass is 358 g/mol. The lowest BCUT2D eigenvalue weighted by Gasteiger charge is -2.19. The minimum Gasteiger partial charge on any atom is -0.493 e. The molecule has 0 heterocycles. The maximum atomic E-state index is 11.9. The van der Waals surface area contributed by atoms with Crippen LogP contribution in [0.5, 0.6) is 11.5 Å². The summed E-state index contributed by atoms with van der Waals surface area (Å²) >= 11 is 3.46. The van der Waals surface area contributed by atoms with Gasteiger partial charge in [0, 0.05) is 6.04 Å². The van der Waals surface area contributed by atoms with E-state index in [0.717, 1.165) is 16.5 Å². The summed E-state index contributed by atoms with van der Waals surface area (Å²) in [4.78, 5) is 11.9. The largest absolute Gasteiger partial charge is 0.493 e. The Bertz CT molecular complexity index is 492. The van der Waals surface area contributed by atoms with Gasteiger partial charge in [0.1, 0.15) is 0 Å². The first-order valence-corrected chi connectivity index (χ1v) is 7.71. The van der Waals surface area contributed by atoms with Gasteiger partial charge in [-0.2, -0.15) is 0 Å². The molecule has 0 aliphatic heterocycles. The average Bonchev–Trinajstić information content (AvgIpc) is 2.40. The molecule has 1 unspecified atom stereocenters. The van der Waals surface area contributed by atoms with Crippen molar-refractivity contribution in [1.82, 2.24) is 5.32 Å².